The molecule has 112 valence electrons. The maximum Gasteiger partial charge on any atom is 0.261 e. The highest BCUT2D eigenvalue weighted by atomic mass is 16.5. The van der Waals surface area contributed by atoms with Gasteiger partial charge in [0.15, 0.2) is 12.4 Å². The number of hydrogen-bond donors (Lipinski definition) is 1. The van der Waals surface area contributed by atoms with Crippen LogP contribution in [0.1, 0.15) is 25.6 Å². The Morgan fingerprint density at radius 1 is 1.38 bits per heavy atom. The van der Waals surface area contributed by atoms with Crippen LogP contribution >= 0.6 is 0 Å². The average molecular weight is 289 g/mol. The van der Waals surface area contributed by atoms with Gasteiger partial charge in [0.25, 0.3) is 11.8 Å². The summed E-state index contributed by atoms with van der Waals surface area (Å²) in [5, 5.41) is 6.56. The molecular weight excluding hydrogens is 270 g/mol. The first-order valence-electron chi connectivity index (χ1n) is 7.00. The van der Waals surface area contributed by atoms with Crippen molar-refractivity contribution in [3.8, 4) is 17.2 Å². The van der Waals surface area contributed by atoms with E-state index < -0.39 is 0 Å². The number of nitrogens with one attached hydrogen (secondary N) is 1. The number of para-hydroxylation sites is 1. The molecule has 1 N–H and O–H groups in total. The van der Waals surface area contributed by atoms with Gasteiger partial charge >= 0.3 is 0 Å². The minimum absolute atomic E-state index is 0.0339. The summed E-state index contributed by atoms with van der Waals surface area (Å²) in [6.07, 6.45) is 2.00. The molecule has 2 aromatic rings. The second kappa shape index (κ2) is 7.42. The van der Waals surface area contributed by atoms with E-state index >= 15 is 0 Å². The summed E-state index contributed by atoms with van der Waals surface area (Å²) in [7, 11) is 0. The fraction of sp³-hybridized carbons (Fsp3) is 0.400. The SMILES string of the molecule is CCCCNC(=O)COc1ccccc1-c1nc(C)no1. The van der Waals surface area contributed by atoms with E-state index in [1.807, 2.05) is 18.2 Å². The Morgan fingerprint density at radius 3 is 2.90 bits per heavy atom. The third-order valence-corrected chi connectivity index (χ3v) is 2.86. The molecule has 0 spiro atoms. The van der Waals surface area contributed by atoms with E-state index in [1.165, 1.54) is 0 Å². The molecule has 0 radical (unpaired) electrons. The zero-order valence-electron chi connectivity index (χ0n) is 12.3. The third-order valence-electron chi connectivity index (χ3n) is 2.86. The van der Waals surface area contributed by atoms with E-state index in [0.29, 0.717) is 29.6 Å². The first-order valence-corrected chi connectivity index (χ1v) is 7.00. The fourth-order valence-corrected chi connectivity index (χ4v) is 1.77. The van der Waals surface area contributed by atoms with Crippen molar-refractivity contribution in [2.75, 3.05) is 13.2 Å². The molecule has 0 saturated heterocycles. The van der Waals surface area contributed by atoms with Gasteiger partial charge in [-0.3, -0.25) is 4.79 Å². The van der Waals surface area contributed by atoms with Crippen LogP contribution in [0.2, 0.25) is 0 Å². The molecule has 6 nitrogen and oxygen atoms in total. The van der Waals surface area contributed by atoms with Crippen molar-refractivity contribution in [1.29, 1.82) is 0 Å². The van der Waals surface area contributed by atoms with Gasteiger partial charge < -0.3 is 14.6 Å². The van der Waals surface area contributed by atoms with Crippen LogP contribution < -0.4 is 10.1 Å². The predicted molar refractivity (Wildman–Crippen MR) is 77.9 cm³/mol. The highest BCUT2D eigenvalue weighted by Gasteiger charge is 2.13. The lowest BCUT2D eigenvalue weighted by molar-refractivity contribution is -0.123. The molecule has 0 fully saturated rings. The Balaban J connectivity index is 1.99. The molecule has 1 aromatic heterocycles. The Bertz CT molecular complexity index is 595. The molecule has 0 saturated carbocycles. The smallest absolute Gasteiger partial charge is 0.261 e. The Kier molecular flexibility index (Phi) is 5.31. The topological polar surface area (TPSA) is 77.2 Å². The second-order valence-electron chi connectivity index (χ2n) is 4.64. The molecule has 0 unspecified atom stereocenters. The summed E-state index contributed by atoms with van der Waals surface area (Å²) in [5.74, 6) is 1.35. The number of ether oxygens (including phenoxy) is 1. The molecule has 0 aliphatic rings. The van der Waals surface area contributed by atoms with Gasteiger partial charge in [0.1, 0.15) is 5.75 Å². The summed E-state index contributed by atoms with van der Waals surface area (Å²) < 4.78 is 10.7. The van der Waals surface area contributed by atoms with Crippen molar-refractivity contribution >= 4 is 5.91 Å². The summed E-state index contributed by atoms with van der Waals surface area (Å²) in [6, 6.07) is 7.27. The lowest BCUT2D eigenvalue weighted by Crippen LogP contribution is -2.29. The summed E-state index contributed by atoms with van der Waals surface area (Å²) in [4.78, 5) is 15.8. The van der Waals surface area contributed by atoms with E-state index in [0.717, 1.165) is 12.8 Å². The summed E-state index contributed by atoms with van der Waals surface area (Å²) in [6.45, 7) is 4.46. The van der Waals surface area contributed by atoms with Crippen molar-refractivity contribution in [3.05, 3.63) is 30.1 Å². The van der Waals surface area contributed by atoms with Crippen LogP contribution in [0.15, 0.2) is 28.8 Å². The normalized spacial score (nSPS) is 10.4. The minimum atomic E-state index is -0.139. The van der Waals surface area contributed by atoms with E-state index in [9.17, 15) is 4.79 Å². The van der Waals surface area contributed by atoms with Crippen LogP contribution in [0, 0.1) is 6.92 Å². The molecule has 21 heavy (non-hydrogen) atoms. The molecule has 6 heteroatoms. The number of aromatic nitrogens is 2. The van der Waals surface area contributed by atoms with Crippen molar-refractivity contribution in [2.24, 2.45) is 0 Å². The average Bonchev–Trinajstić information content (AvgIpc) is 2.92. The molecular formula is C15H19N3O3. The van der Waals surface area contributed by atoms with Crippen LogP contribution in [0.3, 0.4) is 0 Å². The largest absolute Gasteiger partial charge is 0.483 e. The molecule has 1 amide bonds. The van der Waals surface area contributed by atoms with E-state index in [-0.39, 0.29) is 12.5 Å². The Labute approximate surface area is 123 Å². The maximum atomic E-state index is 11.7. The number of nitrogens with zero attached hydrogens (tertiary/aromatic N) is 2. The van der Waals surface area contributed by atoms with Crippen LogP contribution in [-0.2, 0) is 4.79 Å². The predicted octanol–water partition coefficient (Wildman–Crippen LogP) is 2.34. The lowest BCUT2D eigenvalue weighted by atomic mass is 10.2. The van der Waals surface area contributed by atoms with Crippen LogP contribution in [0.25, 0.3) is 11.5 Å². The van der Waals surface area contributed by atoms with Gasteiger partial charge in [-0.2, -0.15) is 4.98 Å². The van der Waals surface area contributed by atoms with Crippen molar-refractivity contribution in [2.45, 2.75) is 26.7 Å². The van der Waals surface area contributed by atoms with Gasteiger partial charge in [0, 0.05) is 6.54 Å². The Hall–Kier alpha value is -2.37. The molecule has 2 rings (SSSR count). The van der Waals surface area contributed by atoms with Crippen LogP contribution in [0.5, 0.6) is 5.75 Å². The van der Waals surface area contributed by atoms with Gasteiger partial charge in [-0.15, -0.1) is 0 Å². The van der Waals surface area contributed by atoms with Gasteiger partial charge in [-0.05, 0) is 25.5 Å². The fourth-order valence-electron chi connectivity index (χ4n) is 1.77. The van der Waals surface area contributed by atoms with Crippen molar-refractivity contribution < 1.29 is 14.1 Å². The number of aryl methyl sites for hydroxylation is 1. The number of unbranched alkanes of at least 4 members (excludes halogenated alkanes) is 1. The lowest BCUT2D eigenvalue weighted by Gasteiger charge is -2.09. The van der Waals surface area contributed by atoms with Gasteiger partial charge in [0.2, 0.25) is 0 Å². The molecule has 0 bridgehead atoms. The maximum absolute atomic E-state index is 11.7. The molecule has 0 atom stereocenters. The number of carbonyl (C=O) groups excluding carboxylic acids is 1. The third kappa shape index (κ3) is 4.30. The quantitative estimate of drug-likeness (QED) is 0.792. The molecule has 0 aliphatic carbocycles. The van der Waals surface area contributed by atoms with E-state index in [1.54, 1.807) is 13.0 Å². The van der Waals surface area contributed by atoms with Gasteiger partial charge in [0.05, 0.1) is 5.56 Å². The minimum Gasteiger partial charge on any atom is -0.483 e. The number of carbonyl (C=O) groups is 1. The first kappa shape index (κ1) is 15.0. The monoisotopic (exact) mass is 289 g/mol. The van der Waals surface area contributed by atoms with Crippen LogP contribution in [0.4, 0.5) is 0 Å². The standard InChI is InChI=1S/C15H19N3O3/c1-3-4-9-16-14(19)10-20-13-8-6-5-7-12(13)15-17-11(2)18-21-15/h5-8H,3-4,9-10H2,1-2H3,(H,16,19). The summed E-state index contributed by atoms with van der Waals surface area (Å²) >= 11 is 0. The van der Waals surface area contributed by atoms with Crippen molar-refractivity contribution in [1.82, 2.24) is 15.5 Å². The van der Waals surface area contributed by atoms with Crippen molar-refractivity contribution in [3.63, 3.8) is 0 Å². The van der Waals surface area contributed by atoms with Gasteiger partial charge in [-0.25, -0.2) is 0 Å². The zero-order valence-corrected chi connectivity index (χ0v) is 12.3. The van der Waals surface area contributed by atoms with Gasteiger partial charge in [-0.1, -0.05) is 30.6 Å². The van der Waals surface area contributed by atoms with Crippen LogP contribution in [-0.4, -0.2) is 29.2 Å². The molecule has 1 aromatic carbocycles. The number of hydrogen-bond acceptors (Lipinski definition) is 5. The van der Waals surface area contributed by atoms with E-state index in [4.69, 9.17) is 9.26 Å². The molecule has 1 heterocycles. The molecule has 0 aliphatic heterocycles. The highest BCUT2D eigenvalue weighted by molar-refractivity contribution is 5.77. The number of benzene rings is 1. The number of rotatable bonds is 7. The zero-order chi connectivity index (χ0) is 15.1. The van der Waals surface area contributed by atoms with E-state index in [2.05, 4.69) is 22.4 Å². The summed E-state index contributed by atoms with van der Waals surface area (Å²) in [5.41, 5.74) is 0.680. The second-order valence-corrected chi connectivity index (χ2v) is 4.64. The Morgan fingerprint density at radius 2 is 2.19 bits per heavy atom. The first-order chi connectivity index (χ1) is 10.2. The number of amides is 1. The highest BCUT2D eigenvalue weighted by Crippen LogP contribution is 2.28.